The number of carbonyl (C=O) groups is 3. The van der Waals surface area contributed by atoms with Crippen LogP contribution in [0.15, 0.2) is 107 Å². The van der Waals surface area contributed by atoms with E-state index in [0.29, 0.717) is 11.3 Å². The average molecular weight is 528 g/mol. The summed E-state index contributed by atoms with van der Waals surface area (Å²) in [5.41, 5.74) is 3.03. The summed E-state index contributed by atoms with van der Waals surface area (Å²) in [7, 11) is 0. The molecule has 0 atom stereocenters. The zero-order valence-electron chi connectivity index (χ0n) is 20.1. The topological polar surface area (TPSA) is 87.3 Å². The van der Waals surface area contributed by atoms with Gasteiger partial charge in [-0.3, -0.25) is 14.4 Å². The molecule has 37 heavy (non-hydrogen) atoms. The minimum absolute atomic E-state index is 0.0921. The molecule has 0 aliphatic carbocycles. The Morgan fingerprint density at radius 1 is 0.838 bits per heavy atom. The molecule has 0 radical (unpaired) electrons. The van der Waals surface area contributed by atoms with Crippen molar-refractivity contribution < 1.29 is 14.4 Å². The van der Waals surface area contributed by atoms with E-state index in [0.717, 1.165) is 21.0 Å². The number of benzene rings is 3. The highest BCUT2D eigenvalue weighted by molar-refractivity contribution is 8.00. The minimum Gasteiger partial charge on any atom is -0.325 e. The maximum absolute atomic E-state index is 13.1. The van der Waals surface area contributed by atoms with Crippen LogP contribution in [0.5, 0.6) is 0 Å². The molecule has 0 aliphatic rings. The Labute approximate surface area is 223 Å². The Kier molecular flexibility index (Phi) is 8.91. The number of hydrogen-bond acceptors (Lipinski definition) is 5. The monoisotopic (exact) mass is 527 g/mol. The van der Waals surface area contributed by atoms with Crippen LogP contribution in [0.3, 0.4) is 0 Å². The van der Waals surface area contributed by atoms with Gasteiger partial charge >= 0.3 is 0 Å². The third kappa shape index (κ3) is 7.93. The highest BCUT2D eigenvalue weighted by Crippen LogP contribution is 2.22. The maximum Gasteiger partial charge on any atom is 0.272 e. The van der Waals surface area contributed by atoms with Crippen LogP contribution in [-0.4, -0.2) is 23.5 Å². The van der Waals surface area contributed by atoms with Gasteiger partial charge in [-0.05, 0) is 78.5 Å². The van der Waals surface area contributed by atoms with E-state index in [9.17, 15) is 14.4 Å². The number of aryl methyl sites for hydroxylation is 1. The van der Waals surface area contributed by atoms with Crippen LogP contribution >= 0.6 is 23.1 Å². The van der Waals surface area contributed by atoms with E-state index in [1.807, 2.05) is 66.9 Å². The van der Waals surface area contributed by atoms with Crippen molar-refractivity contribution in [2.75, 3.05) is 16.4 Å². The molecule has 8 heteroatoms. The highest BCUT2D eigenvalue weighted by Gasteiger charge is 2.15. The molecule has 3 amide bonds. The average Bonchev–Trinajstić information content (AvgIpc) is 3.41. The highest BCUT2D eigenvalue weighted by atomic mass is 32.2. The second-order valence-corrected chi connectivity index (χ2v) is 10.1. The van der Waals surface area contributed by atoms with Crippen LogP contribution in [0, 0.1) is 6.92 Å². The largest absolute Gasteiger partial charge is 0.325 e. The predicted molar refractivity (Wildman–Crippen MR) is 152 cm³/mol. The fourth-order valence-corrected chi connectivity index (χ4v) is 4.72. The summed E-state index contributed by atoms with van der Waals surface area (Å²) in [6.45, 7) is 1.98. The van der Waals surface area contributed by atoms with Crippen molar-refractivity contribution in [3.05, 3.63) is 118 Å². The zero-order chi connectivity index (χ0) is 26.0. The van der Waals surface area contributed by atoms with Gasteiger partial charge in [0.25, 0.3) is 11.8 Å². The van der Waals surface area contributed by atoms with Gasteiger partial charge in [0.05, 0.1) is 5.75 Å². The first kappa shape index (κ1) is 25.9. The van der Waals surface area contributed by atoms with Crippen LogP contribution in [0.1, 0.15) is 20.8 Å². The predicted octanol–water partition coefficient (Wildman–Crippen LogP) is 6.20. The summed E-state index contributed by atoms with van der Waals surface area (Å²) in [4.78, 5) is 39.7. The van der Waals surface area contributed by atoms with Gasteiger partial charge in [-0.25, -0.2) is 0 Å². The number of rotatable bonds is 9. The molecule has 0 bridgehead atoms. The number of carbonyl (C=O) groups excluding carboxylic acids is 3. The quantitative estimate of drug-likeness (QED) is 0.179. The molecule has 3 aromatic carbocycles. The van der Waals surface area contributed by atoms with Crippen molar-refractivity contribution in [1.29, 1.82) is 0 Å². The van der Waals surface area contributed by atoms with Crippen molar-refractivity contribution >= 4 is 58.3 Å². The molecule has 0 unspecified atom stereocenters. The van der Waals surface area contributed by atoms with Gasteiger partial charge in [0.15, 0.2) is 0 Å². The first-order chi connectivity index (χ1) is 18.0. The second kappa shape index (κ2) is 12.7. The standard InChI is InChI=1S/C29H25N3O3S2/c1-20-7-5-10-23(17-20)30-27(33)19-37-24-14-12-22(13-15-24)31-29(35)26(18-25-11-6-16-36-25)32-28(34)21-8-3-2-4-9-21/h2-18H,19H2,1H3,(H,30,33)(H,31,35)(H,32,34)/b26-18-. The summed E-state index contributed by atoms with van der Waals surface area (Å²) >= 11 is 2.87. The SMILES string of the molecule is Cc1cccc(NC(=O)CSc2ccc(NC(=O)/C(=C/c3cccs3)NC(=O)c3ccccc3)cc2)c1. The maximum atomic E-state index is 13.1. The molecule has 4 aromatic rings. The lowest BCUT2D eigenvalue weighted by Gasteiger charge is -2.11. The Morgan fingerprint density at radius 2 is 1.62 bits per heavy atom. The van der Waals surface area contributed by atoms with E-state index in [-0.39, 0.29) is 23.3 Å². The number of amides is 3. The molecule has 6 nitrogen and oxygen atoms in total. The lowest BCUT2D eigenvalue weighted by Crippen LogP contribution is -2.30. The molecule has 0 fully saturated rings. The van der Waals surface area contributed by atoms with Gasteiger partial charge in [-0.1, -0.05) is 36.4 Å². The summed E-state index contributed by atoms with van der Waals surface area (Å²) in [6.07, 6.45) is 1.65. The lowest BCUT2D eigenvalue weighted by atomic mass is 10.2. The molecule has 0 spiro atoms. The van der Waals surface area contributed by atoms with Crippen molar-refractivity contribution in [2.24, 2.45) is 0 Å². The first-order valence-electron chi connectivity index (χ1n) is 11.5. The molecule has 0 saturated carbocycles. The summed E-state index contributed by atoms with van der Waals surface area (Å²) < 4.78 is 0. The van der Waals surface area contributed by atoms with E-state index in [2.05, 4.69) is 16.0 Å². The third-order valence-corrected chi connectivity index (χ3v) is 6.97. The lowest BCUT2D eigenvalue weighted by molar-refractivity contribution is -0.114. The normalized spacial score (nSPS) is 11.0. The fourth-order valence-electron chi connectivity index (χ4n) is 3.36. The molecule has 3 N–H and O–H groups in total. The van der Waals surface area contributed by atoms with E-state index in [1.165, 1.54) is 23.1 Å². The summed E-state index contributed by atoms with van der Waals surface area (Å²) in [5, 5.41) is 10.4. The molecular formula is C29H25N3O3S2. The van der Waals surface area contributed by atoms with Gasteiger partial charge in [-0.15, -0.1) is 23.1 Å². The van der Waals surface area contributed by atoms with E-state index in [1.54, 1.807) is 42.5 Å². The van der Waals surface area contributed by atoms with Crippen molar-refractivity contribution in [3.63, 3.8) is 0 Å². The zero-order valence-corrected chi connectivity index (χ0v) is 21.7. The summed E-state index contributed by atoms with van der Waals surface area (Å²) in [6, 6.07) is 27.3. The van der Waals surface area contributed by atoms with Crippen LogP contribution in [0.2, 0.25) is 0 Å². The molecule has 1 aromatic heterocycles. The fraction of sp³-hybridized carbons (Fsp3) is 0.0690. The number of thioether (sulfide) groups is 1. The Morgan fingerprint density at radius 3 is 2.32 bits per heavy atom. The van der Waals surface area contributed by atoms with Crippen LogP contribution < -0.4 is 16.0 Å². The van der Waals surface area contributed by atoms with Crippen molar-refractivity contribution in [3.8, 4) is 0 Å². The van der Waals surface area contributed by atoms with Crippen LogP contribution in [0.4, 0.5) is 11.4 Å². The molecule has 0 aliphatic heterocycles. The van der Waals surface area contributed by atoms with Gasteiger partial charge in [0.1, 0.15) is 5.70 Å². The minimum atomic E-state index is -0.435. The molecule has 1 heterocycles. The molecule has 186 valence electrons. The Bertz CT molecular complexity index is 1400. The summed E-state index contributed by atoms with van der Waals surface area (Å²) in [5.74, 6) is -0.630. The number of nitrogens with one attached hydrogen (secondary N) is 3. The van der Waals surface area contributed by atoms with Gasteiger partial charge < -0.3 is 16.0 Å². The molecular weight excluding hydrogens is 502 g/mol. The number of thiophene rings is 1. The second-order valence-electron chi connectivity index (χ2n) is 8.08. The van der Waals surface area contributed by atoms with E-state index < -0.39 is 5.91 Å². The van der Waals surface area contributed by atoms with Crippen LogP contribution in [0.25, 0.3) is 6.08 Å². The van der Waals surface area contributed by atoms with Crippen LogP contribution in [-0.2, 0) is 9.59 Å². The van der Waals surface area contributed by atoms with Crippen molar-refractivity contribution in [1.82, 2.24) is 5.32 Å². The Hall–Kier alpha value is -4.14. The van der Waals surface area contributed by atoms with Crippen molar-refractivity contribution in [2.45, 2.75) is 11.8 Å². The van der Waals surface area contributed by atoms with Gasteiger partial charge in [0, 0.05) is 26.7 Å². The Balaban J connectivity index is 1.36. The van der Waals surface area contributed by atoms with Gasteiger partial charge in [-0.2, -0.15) is 0 Å². The molecule has 0 saturated heterocycles. The third-order valence-electron chi connectivity index (χ3n) is 5.14. The first-order valence-corrected chi connectivity index (χ1v) is 13.3. The van der Waals surface area contributed by atoms with E-state index >= 15 is 0 Å². The van der Waals surface area contributed by atoms with E-state index in [4.69, 9.17) is 0 Å². The smallest absolute Gasteiger partial charge is 0.272 e. The number of anilines is 2. The van der Waals surface area contributed by atoms with Gasteiger partial charge in [0.2, 0.25) is 5.91 Å². The number of hydrogen-bond donors (Lipinski definition) is 3. The molecule has 4 rings (SSSR count).